The van der Waals surface area contributed by atoms with Crippen LogP contribution >= 0.6 is 23.4 Å². The molecule has 1 amide bonds. The van der Waals surface area contributed by atoms with E-state index in [1.165, 1.54) is 4.90 Å². The topological polar surface area (TPSA) is 94.8 Å². The number of thioether (sulfide) groups is 1. The summed E-state index contributed by atoms with van der Waals surface area (Å²) in [4.78, 5) is 25.7. The van der Waals surface area contributed by atoms with Crippen LogP contribution in [0.2, 0.25) is 5.02 Å². The van der Waals surface area contributed by atoms with E-state index in [1.807, 2.05) is 31.2 Å². The Balaban J connectivity index is 1.40. The monoisotopic (exact) mass is 475 g/mol. The van der Waals surface area contributed by atoms with Crippen molar-refractivity contribution in [3.05, 3.63) is 59.1 Å². The van der Waals surface area contributed by atoms with E-state index in [4.69, 9.17) is 25.5 Å². The molecule has 32 heavy (non-hydrogen) atoms. The fourth-order valence-electron chi connectivity index (χ4n) is 2.61. The maximum absolute atomic E-state index is 12.2. The van der Waals surface area contributed by atoms with Crippen molar-refractivity contribution in [3.8, 4) is 17.2 Å². The molecule has 0 unspecified atom stereocenters. The van der Waals surface area contributed by atoms with E-state index in [1.54, 1.807) is 31.3 Å². The largest absolute Gasteiger partial charge is 0.494 e. The quantitative estimate of drug-likeness (QED) is 0.320. The molecule has 168 valence electrons. The molecule has 1 heterocycles. The highest BCUT2D eigenvalue weighted by Gasteiger charge is 2.15. The molecule has 0 aliphatic carbocycles. The van der Waals surface area contributed by atoms with Gasteiger partial charge in [0.25, 0.3) is 11.1 Å². The molecule has 10 heteroatoms. The Morgan fingerprint density at radius 2 is 1.81 bits per heavy atom. The molecule has 3 rings (SSSR count). The van der Waals surface area contributed by atoms with Crippen LogP contribution in [-0.4, -0.2) is 53.0 Å². The number of hydrogen-bond donors (Lipinski definition) is 0. The minimum absolute atomic E-state index is 0.0574. The Labute approximate surface area is 194 Å². The van der Waals surface area contributed by atoms with Crippen LogP contribution in [0.25, 0.3) is 11.5 Å². The van der Waals surface area contributed by atoms with Crippen molar-refractivity contribution in [1.82, 2.24) is 15.1 Å². The number of esters is 1. The SMILES string of the molecule is CCOc1ccc(CN(C)C(=O)COC(=O)CSc2nnc(-c3ccc(Cl)cc3)o2)cc1. The number of amides is 1. The molecule has 3 aromatic rings. The maximum atomic E-state index is 12.2. The number of halogens is 1. The fourth-order valence-corrected chi connectivity index (χ4v) is 3.30. The summed E-state index contributed by atoms with van der Waals surface area (Å²) in [7, 11) is 1.65. The third kappa shape index (κ3) is 7.00. The molecule has 0 aliphatic rings. The lowest BCUT2D eigenvalue weighted by Gasteiger charge is -2.17. The van der Waals surface area contributed by atoms with Crippen LogP contribution in [0.15, 0.2) is 58.2 Å². The summed E-state index contributed by atoms with van der Waals surface area (Å²) in [6.07, 6.45) is 0. The maximum Gasteiger partial charge on any atom is 0.316 e. The zero-order valence-corrected chi connectivity index (χ0v) is 19.2. The number of carbonyl (C=O) groups is 2. The van der Waals surface area contributed by atoms with E-state index in [0.717, 1.165) is 28.6 Å². The molecule has 0 spiro atoms. The summed E-state index contributed by atoms with van der Waals surface area (Å²) in [5.41, 5.74) is 1.66. The van der Waals surface area contributed by atoms with Gasteiger partial charge in [0.05, 0.1) is 6.61 Å². The third-order valence-electron chi connectivity index (χ3n) is 4.25. The van der Waals surface area contributed by atoms with Gasteiger partial charge in [0.1, 0.15) is 11.5 Å². The Hall–Kier alpha value is -3.04. The molecule has 0 fully saturated rings. The van der Waals surface area contributed by atoms with Crippen molar-refractivity contribution < 1.29 is 23.5 Å². The Morgan fingerprint density at radius 1 is 1.09 bits per heavy atom. The molecule has 0 saturated carbocycles. The van der Waals surface area contributed by atoms with Crippen molar-refractivity contribution in [2.24, 2.45) is 0 Å². The fraction of sp³-hybridized carbons (Fsp3) is 0.273. The van der Waals surface area contributed by atoms with Gasteiger partial charge in [-0.3, -0.25) is 9.59 Å². The summed E-state index contributed by atoms with van der Waals surface area (Å²) in [6, 6.07) is 14.4. The number of likely N-dealkylation sites (N-methyl/N-ethyl adjacent to an activating group) is 1. The van der Waals surface area contributed by atoms with Crippen molar-refractivity contribution >= 4 is 35.2 Å². The molecular formula is C22H22ClN3O5S. The summed E-state index contributed by atoms with van der Waals surface area (Å²) >= 11 is 6.90. The van der Waals surface area contributed by atoms with Gasteiger partial charge in [-0.2, -0.15) is 0 Å². The predicted molar refractivity (Wildman–Crippen MR) is 121 cm³/mol. The van der Waals surface area contributed by atoms with Gasteiger partial charge >= 0.3 is 5.97 Å². The first-order chi connectivity index (χ1) is 15.4. The number of rotatable bonds is 10. The normalized spacial score (nSPS) is 10.6. The summed E-state index contributed by atoms with van der Waals surface area (Å²) in [5, 5.41) is 8.67. The standard InChI is InChI=1S/C22H22ClN3O5S/c1-3-29-18-10-4-15(5-11-18)12-26(2)19(27)13-30-20(28)14-32-22-25-24-21(31-22)16-6-8-17(23)9-7-16/h4-11H,3,12-14H2,1-2H3. The van der Waals surface area contributed by atoms with Crippen LogP contribution in [0.3, 0.4) is 0 Å². The van der Waals surface area contributed by atoms with E-state index in [2.05, 4.69) is 10.2 Å². The number of nitrogens with zero attached hydrogens (tertiary/aromatic N) is 3. The number of benzene rings is 2. The smallest absolute Gasteiger partial charge is 0.316 e. The van der Waals surface area contributed by atoms with Gasteiger partial charge in [-0.05, 0) is 48.9 Å². The van der Waals surface area contributed by atoms with Crippen LogP contribution < -0.4 is 4.74 Å². The molecule has 0 saturated heterocycles. The zero-order chi connectivity index (χ0) is 22.9. The predicted octanol–water partition coefficient (Wildman–Crippen LogP) is 4.08. The van der Waals surface area contributed by atoms with Gasteiger partial charge in [-0.15, -0.1) is 10.2 Å². The minimum Gasteiger partial charge on any atom is -0.494 e. The van der Waals surface area contributed by atoms with Crippen molar-refractivity contribution in [3.63, 3.8) is 0 Å². The second-order valence-corrected chi connectivity index (χ2v) is 8.02. The van der Waals surface area contributed by atoms with Crippen LogP contribution in [0.4, 0.5) is 0 Å². The number of hydrogen-bond acceptors (Lipinski definition) is 8. The molecule has 8 nitrogen and oxygen atoms in total. The molecule has 0 radical (unpaired) electrons. The lowest BCUT2D eigenvalue weighted by Crippen LogP contribution is -2.31. The minimum atomic E-state index is -0.552. The van der Waals surface area contributed by atoms with E-state index < -0.39 is 5.97 Å². The highest BCUT2D eigenvalue weighted by atomic mass is 35.5. The Bertz CT molecular complexity index is 1040. The van der Waals surface area contributed by atoms with E-state index >= 15 is 0 Å². The molecule has 0 aliphatic heterocycles. The molecular weight excluding hydrogens is 454 g/mol. The van der Waals surface area contributed by atoms with Crippen LogP contribution in [0, 0.1) is 0 Å². The average Bonchev–Trinajstić information content (AvgIpc) is 3.27. The lowest BCUT2D eigenvalue weighted by molar-refractivity contribution is -0.149. The summed E-state index contributed by atoms with van der Waals surface area (Å²) < 4.78 is 16.0. The number of aromatic nitrogens is 2. The number of carbonyl (C=O) groups excluding carboxylic acids is 2. The third-order valence-corrected chi connectivity index (χ3v) is 5.29. The number of ether oxygens (including phenoxy) is 2. The van der Waals surface area contributed by atoms with Crippen molar-refractivity contribution in [1.29, 1.82) is 0 Å². The van der Waals surface area contributed by atoms with Gasteiger partial charge in [0.15, 0.2) is 6.61 Å². The Morgan fingerprint density at radius 3 is 2.50 bits per heavy atom. The van der Waals surface area contributed by atoms with E-state index in [-0.39, 0.29) is 23.5 Å². The van der Waals surface area contributed by atoms with Crippen LogP contribution in [0.5, 0.6) is 5.75 Å². The first kappa shape index (κ1) is 23.6. The first-order valence-corrected chi connectivity index (χ1v) is 11.1. The summed E-state index contributed by atoms with van der Waals surface area (Å²) in [5.74, 6) is 0.184. The van der Waals surface area contributed by atoms with Gasteiger partial charge in [-0.1, -0.05) is 35.5 Å². The lowest BCUT2D eigenvalue weighted by atomic mass is 10.2. The first-order valence-electron chi connectivity index (χ1n) is 9.78. The molecule has 0 atom stereocenters. The van der Waals surface area contributed by atoms with Gasteiger partial charge in [-0.25, -0.2) is 0 Å². The molecule has 1 aromatic heterocycles. The van der Waals surface area contributed by atoms with Gasteiger partial charge in [0, 0.05) is 24.2 Å². The highest BCUT2D eigenvalue weighted by molar-refractivity contribution is 7.99. The molecule has 2 aromatic carbocycles. The van der Waals surface area contributed by atoms with Gasteiger partial charge in [0.2, 0.25) is 5.89 Å². The second-order valence-electron chi connectivity index (χ2n) is 6.66. The summed E-state index contributed by atoms with van der Waals surface area (Å²) in [6.45, 7) is 2.57. The second kappa shape index (κ2) is 11.5. The zero-order valence-electron chi connectivity index (χ0n) is 17.6. The Kier molecular flexibility index (Phi) is 8.52. The van der Waals surface area contributed by atoms with Gasteiger partial charge < -0.3 is 18.8 Å². The van der Waals surface area contributed by atoms with Crippen LogP contribution in [-0.2, 0) is 20.9 Å². The highest BCUT2D eigenvalue weighted by Crippen LogP contribution is 2.24. The van der Waals surface area contributed by atoms with E-state index in [0.29, 0.717) is 24.1 Å². The van der Waals surface area contributed by atoms with Crippen LogP contribution in [0.1, 0.15) is 12.5 Å². The van der Waals surface area contributed by atoms with E-state index in [9.17, 15) is 9.59 Å². The van der Waals surface area contributed by atoms with Crippen molar-refractivity contribution in [2.75, 3.05) is 26.0 Å². The van der Waals surface area contributed by atoms with Crippen molar-refractivity contribution in [2.45, 2.75) is 18.7 Å². The molecule has 0 bridgehead atoms. The average molecular weight is 476 g/mol. The molecule has 0 N–H and O–H groups in total.